The smallest absolute Gasteiger partial charge is 0.264 e. The molecule has 254 valence electrons. The number of carbonyl (C=O) groups is 2. The lowest BCUT2D eigenvalue weighted by atomic mass is 10.0. The first kappa shape index (κ1) is 37.0. The zero-order valence-corrected chi connectivity index (χ0v) is 30.3. The lowest BCUT2D eigenvalue weighted by Gasteiger charge is -2.34. The lowest BCUT2D eigenvalue weighted by Crippen LogP contribution is -2.54. The number of benzene rings is 4. The Morgan fingerprint density at radius 1 is 0.812 bits per heavy atom. The zero-order chi connectivity index (χ0) is 35.0. The number of nitrogens with zero attached hydrogens (tertiary/aromatic N) is 2. The Hall–Kier alpha value is -3.85. The summed E-state index contributed by atoms with van der Waals surface area (Å²) in [4.78, 5) is 30.2. The van der Waals surface area contributed by atoms with Gasteiger partial charge in [-0.2, -0.15) is 0 Å². The summed E-state index contributed by atoms with van der Waals surface area (Å²) in [5.41, 5.74) is 3.76. The number of rotatable bonds is 14. The molecule has 0 saturated heterocycles. The van der Waals surface area contributed by atoms with Gasteiger partial charge >= 0.3 is 0 Å². The van der Waals surface area contributed by atoms with Gasteiger partial charge in [0.2, 0.25) is 11.8 Å². The molecule has 2 atom stereocenters. The van der Waals surface area contributed by atoms with Crippen LogP contribution in [-0.4, -0.2) is 43.8 Å². The predicted octanol–water partition coefficient (Wildman–Crippen LogP) is 8.18. The predicted molar refractivity (Wildman–Crippen MR) is 195 cm³/mol. The van der Waals surface area contributed by atoms with Crippen molar-refractivity contribution in [3.63, 3.8) is 0 Å². The molecule has 0 spiro atoms. The molecule has 0 aliphatic heterocycles. The van der Waals surface area contributed by atoms with E-state index in [4.69, 9.17) is 23.2 Å². The van der Waals surface area contributed by atoms with E-state index in [9.17, 15) is 18.0 Å². The second-order valence-corrected chi connectivity index (χ2v) is 15.0. The highest BCUT2D eigenvalue weighted by molar-refractivity contribution is 7.92. The van der Waals surface area contributed by atoms with Crippen LogP contribution in [0.5, 0.6) is 0 Å². The Bertz CT molecular complexity index is 1800. The van der Waals surface area contributed by atoms with Crippen molar-refractivity contribution in [1.82, 2.24) is 10.2 Å². The number of amides is 2. The molecule has 10 heteroatoms. The zero-order valence-electron chi connectivity index (χ0n) is 28.0. The molecular weight excluding hydrogens is 665 g/mol. The molecule has 4 rings (SSSR count). The number of carbonyl (C=O) groups excluding carboxylic acids is 2. The molecule has 0 saturated carbocycles. The van der Waals surface area contributed by atoms with E-state index in [2.05, 4.69) is 19.2 Å². The van der Waals surface area contributed by atoms with Crippen LogP contribution in [0.2, 0.25) is 10.0 Å². The maximum absolute atomic E-state index is 14.7. The van der Waals surface area contributed by atoms with Gasteiger partial charge in [-0.3, -0.25) is 13.9 Å². The molecule has 0 unspecified atom stereocenters. The van der Waals surface area contributed by atoms with Gasteiger partial charge in [0.25, 0.3) is 10.0 Å². The number of halogens is 2. The molecule has 0 aromatic heterocycles. The number of anilines is 1. The largest absolute Gasteiger partial charge is 0.352 e. The normalized spacial score (nSPS) is 12.8. The van der Waals surface area contributed by atoms with Crippen LogP contribution in [0.25, 0.3) is 0 Å². The minimum atomic E-state index is -4.20. The molecule has 4 aromatic carbocycles. The first-order valence-electron chi connectivity index (χ1n) is 16.1. The molecule has 7 nitrogen and oxygen atoms in total. The molecule has 2 amide bonds. The second-order valence-electron chi connectivity index (χ2n) is 12.4. The Balaban J connectivity index is 1.83. The average molecular weight is 709 g/mol. The molecule has 0 heterocycles. The van der Waals surface area contributed by atoms with Crippen LogP contribution in [0, 0.1) is 6.92 Å². The summed E-state index contributed by atoms with van der Waals surface area (Å²) >= 11 is 12.6. The van der Waals surface area contributed by atoms with Gasteiger partial charge in [-0.15, -0.1) is 0 Å². The van der Waals surface area contributed by atoms with Crippen LogP contribution >= 0.6 is 23.2 Å². The van der Waals surface area contributed by atoms with Crippen LogP contribution in [-0.2, 0) is 32.6 Å². The second kappa shape index (κ2) is 16.5. The highest BCUT2D eigenvalue weighted by atomic mass is 35.5. The van der Waals surface area contributed by atoms with Crippen molar-refractivity contribution in [2.24, 2.45) is 0 Å². The molecular formula is C38H43Cl2N3O4S. The molecule has 0 radical (unpaired) electrons. The van der Waals surface area contributed by atoms with Crippen molar-refractivity contribution in [2.45, 2.75) is 76.9 Å². The van der Waals surface area contributed by atoms with Crippen molar-refractivity contribution in [3.05, 3.63) is 129 Å². The van der Waals surface area contributed by atoms with Crippen LogP contribution in [0.3, 0.4) is 0 Å². The van der Waals surface area contributed by atoms with Gasteiger partial charge in [0.1, 0.15) is 12.6 Å². The summed E-state index contributed by atoms with van der Waals surface area (Å²) in [6.07, 6.45) is 0.906. The maximum Gasteiger partial charge on any atom is 0.264 e. The lowest BCUT2D eigenvalue weighted by molar-refractivity contribution is -0.140. The van der Waals surface area contributed by atoms with E-state index in [0.717, 1.165) is 21.0 Å². The molecule has 0 aliphatic rings. The highest BCUT2D eigenvalue weighted by Crippen LogP contribution is 2.28. The average Bonchev–Trinajstić information content (AvgIpc) is 3.07. The summed E-state index contributed by atoms with van der Waals surface area (Å²) < 4.78 is 29.7. The summed E-state index contributed by atoms with van der Waals surface area (Å²) in [6, 6.07) is 27.1. The van der Waals surface area contributed by atoms with Crippen LogP contribution < -0.4 is 9.62 Å². The van der Waals surface area contributed by atoms with E-state index >= 15 is 0 Å². The number of sulfonamides is 1. The van der Waals surface area contributed by atoms with E-state index in [1.54, 1.807) is 42.5 Å². The summed E-state index contributed by atoms with van der Waals surface area (Å²) in [6.45, 7) is 9.30. The van der Waals surface area contributed by atoms with E-state index in [1.165, 1.54) is 17.0 Å². The van der Waals surface area contributed by atoms with E-state index in [-0.39, 0.29) is 35.7 Å². The van der Waals surface area contributed by atoms with Crippen LogP contribution in [0.1, 0.15) is 62.3 Å². The maximum atomic E-state index is 14.7. The molecule has 48 heavy (non-hydrogen) atoms. The quantitative estimate of drug-likeness (QED) is 0.143. The topological polar surface area (TPSA) is 86.8 Å². The summed E-state index contributed by atoms with van der Waals surface area (Å²) in [5, 5.41) is 3.70. The van der Waals surface area contributed by atoms with Gasteiger partial charge in [-0.25, -0.2) is 8.42 Å². The third-order valence-corrected chi connectivity index (χ3v) is 10.9. The van der Waals surface area contributed by atoms with Crippen molar-refractivity contribution in [3.8, 4) is 0 Å². The Morgan fingerprint density at radius 3 is 2.04 bits per heavy atom. The van der Waals surface area contributed by atoms with Crippen LogP contribution in [0.4, 0.5) is 5.69 Å². The van der Waals surface area contributed by atoms with Gasteiger partial charge in [0.05, 0.1) is 20.6 Å². The van der Waals surface area contributed by atoms with E-state index in [0.29, 0.717) is 27.7 Å². The fourth-order valence-electron chi connectivity index (χ4n) is 5.22. The van der Waals surface area contributed by atoms with E-state index < -0.39 is 28.5 Å². The minimum absolute atomic E-state index is 0.00808. The van der Waals surface area contributed by atoms with Gasteiger partial charge < -0.3 is 10.2 Å². The minimum Gasteiger partial charge on any atom is -0.352 e. The first-order valence-corrected chi connectivity index (χ1v) is 18.3. The molecule has 1 N–H and O–H groups in total. The third kappa shape index (κ3) is 9.40. The third-order valence-electron chi connectivity index (χ3n) is 8.34. The van der Waals surface area contributed by atoms with Gasteiger partial charge in [-0.1, -0.05) is 110 Å². The van der Waals surface area contributed by atoms with Crippen molar-refractivity contribution < 1.29 is 18.0 Å². The van der Waals surface area contributed by atoms with Gasteiger partial charge in [-0.05, 0) is 79.3 Å². The van der Waals surface area contributed by atoms with E-state index in [1.807, 2.05) is 63.2 Å². The monoisotopic (exact) mass is 707 g/mol. The van der Waals surface area contributed by atoms with Crippen molar-refractivity contribution in [1.29, 1.82) is 0 Å². The molecule has 4 aromatic rings. The SMILES string of the molecule is CC[C@H](C)NC(=O)[C@@H](Cc1ccccc1)N(Cc1ccc(Cl)c(Cl)c1)C(=O)CN(c1ccc(C(C)C)cc1)S(=O)(=O)c1ccc(C)cc1. The standard InChI is InChI=1S/C38H43Cl2N3O4S/c1-6-28(5)41-38(45)36(23-29-10-8-7-9-11-29)42(24-30-14-21-34(39)35(40)22-30)37(44)25-43(32-17-15-31(16-18-32)26(2)3)48(46,47)33-19-12-27(4)13-20-33/h7-22,26,28,36H,6,23-25H2,1-5H3,(H,41,45)/t28-,36+/m0/s1. The fraction of sp³-hybridized carbons (Fsp3) is 0.316. The number of hydrogen-bond donors (Lipinski definition) is 1. The highest BCUT2D eigenvalue weighted by Gasteiger charge is 2.35. The fourth-order valence-corrected chi connectivity index (χ4v) is 6.96. The van der Waals surface area contributed by atoms with Gasteiger partial charge in [0, 0.05) is 19.0 Å². The molecule has 0 aliphatic carbocycles. The van der Waals surface area contributed by atoms with Gasteiger partial charge in [0.15, 0.2) is 0 Å². The Labute approximate surface area is 294 Å². The van der Waals surface area contributed by atoms with Crippen molar-refractivity contribution in [2.75, 3.05) is 10.8 Å². The number of nitrogens with one attached hydrogen (secondary N) is 1. The molecule has 0 fully saturated rings. The summed E-state index contributed by atoms with van der Waals surface area (Å²) in [7, 11) is -4.20. The van der Waals surface area contributed by atoms with Crippen molar-refractivity contribution >= 4 is 50.7 Å². The van der Waals surface area contributed by atoms with Crippen LogP contribution in [0.15, 0.2) is 102 Å². The Kier molecular flexibility index (Phi) is 12.7. The number of hydrogen-bond acceptors (Lipinski definition) is 4. The number of aryl methyl sites for hydroxylation is 1. The summed E-state index contributed by atoms with van der Waals surface area (Å²) in [5.74, 6) is -0.659. The first-order chi connectivity index (χ1) is 22.8. The molecule has 0 bridgehead atoms. The Morgan fingerprint density at radius 2 is 1.46 bits per heavy atom.